The number of piperidine rings is 1. The fourth-order valence-electron chi connectivity index (χ4n) is 2.32. The molecular formula is C13H16ClNO4S. The minimum Gasteiger partial charge on any atom is -0.481 e. The van der Waals surface area contributed by atoms with Crippen LogP contribution in [0.1, 0.15) is 18.4 Å². The van der Waals surface area contributed by atoms with Gasteiger partial charge in [-0.25, -0.2) is 8.42 Å². The van der Waals surface area contributed by atoms with E-state index in [4.69, 9.17) is 16.7 Å². The van der Waals surface area contributed by atoms with Crippen LogP contribution in [-0.2, 0) is 14.8 Å². The molecule has 1 atom stereocenters. The molecule has 0 aromatic heterocycles. The van der Waals surface area contributed by atoms with Crippen molar-refractivity contribution in [2.45, 2.75) is 24.7 Å². The Bertz CT molecular complexity index is 629. The van der Waals surface area contributed by atoms with Crippen molar-refractivity contribution in [3.63, 3.8) is 0 Å². The van der Waals surface area contributed by atoms with Crippen LogP contribution in [-0.4, -0.2) is 36.9 Å². The summed E-state index contributed by atoms with van der Waals surface area (Å²) < 4.78 is 26.3. The lowest BCUT2D eigenvalue weighted by Gasteiger charge is -2.30. The molecule has 2 rings (SSSR count). The zero-order valence-corrected chi connectivity index (χ0v) is 12.6. The normalized spacial score (nSPS) is 20.8. The summed E-state index contributed by atoms with van der Waals surface area (Å²) in [6.45, 7) is 2.15. The molecule has 1 heterocycles. The third-order valence-corrected chi connectivity index (χ3v) is 5.79. The van der Waals surface area contributed by atoms with Gasteiger partial charge in [-0.05, 0) is 37.5 Å². The van der Waals surface area contributed by atoms with Crippen molar-refractivity contribution >= 4 is 27.6 Å². The number of benzene rings is 1. The lowest BCUT2D eigenvalue weighted by Crippen LogP contribution is -2.42. The highest BCUT2D eigenvalue weighted by molar-refractivity contribution is 7.89. The van der Waals surface area contributed by atoms with Crippen LogP contribution >= 0.6 is 11.6 Å². The number of hydrogen-bond acceptors (Lipinski definition) is 3. The van der Waals surface area contributed by atoms with Crippen molar-refractivity contribution in [2.24, 2.45) is 5.92 Å². The summed E-state index contributed by atoms with van der Waals surface area (Å²) in [6.07, 6.45) is 1.04. The minimum atomic E-state index is -3.74. The summed E-state index contributed by atoms with van der Waals surface area (Å²) in [5.41, 5.74) is 0.871. The van der Waals surface area contributed by atoms with Crippen LogP contribution < -0.4 is 0 Å². The second kappa shape index (κ2) is 5.71. The first-order valence-corrected chi connectivity index (χ1v) is 8.13. The Morgan fingerprint density at radius 3 is 2.75 bits per heavy atom. The van der Waals surface area contributed by atoms with Gasteiger partial charge in [0.25, 0.3) is 0 Å². The van der Waals surface area contributed by atoms with Crippen LogP contribution in [0.4, 0.5) is 0 Å². The molecule has 1 fully saturated rings. The molecule has 1 aromatic rings. The van der Waals surface area contributed by atoms with Crippen LogP contribution in [0.15, 0.2) is 23.1 Å². The van der Waals surface area contributed by atoms with Gasteiger partial charge >= 0.3 is 5.97 Å². The van der Waals surface area contributed by atoms with E-state index >= 15 is 0 Å². The highest BCUT2D eigenvalue weighted by Gasteiger charge is 2.34. The van der Waals surface area contributed by atoms with E-state index < -0.39 is 21.9 Å². The van der Waals surface area contributed by atoms with Crippen molar-refractivity contribution < 1.29 is 18.3 Å². The maximum absolute atomic E-state index is 12.5. The maximum atomic E-state index is 12.5. The molecule has 1 N–H and O–H groups in total. The summed E-state index contributed by atoms with van der Waals surface area (Å²) in [6, 6.07) is 4.74. The number of aryl methyl sites for hydroxylation is 1. The second-order valence-electron chi connectivity index (χ2n) is 4.97. The third-order valence-electron chi connectivity index (χ3n) is 3.44. The van der Waals surface area contributed by atoms with E-state index in [1.807, 2.05) is 6.92 Å². The number of rotatable bonds is 3. The molecule has 1 aliphatic heterocycles. The number of carboxylic acids is 1. The molecule has 1 aliphatic rings. The summed E-state index contributed by atoms with van der Waals surface area (Å²) in [4.78, 5) is 11.1. The molecule has 0 aliphatic carbocycles. The van der Waals surface area contributed by atoms with Gasteiger partial charge in [0.2, 0.25) is 10.0 Å². The Hall–Kier alpha value is -1.11. The first kappa shape index (κ1) is 15.3. The Balaban J connectivity index is 2.32. The largest absolute Gasteiger partial charge is 0.481 e. The lowest BCUT2D eigenvalue weighted by molar-refractivity contribution is -0.142. The number of nitrogens with zero attached hydrogens (tertiary/aromatic N) is 1. The lowest BCUT2D eigenvalue weighted by atomic mass is 10.0. The number of carboxylic acid groups (broad SMARTS) is 1. The molecular weight excluding hydrogens is 302 g/mol. The number of halogens is 1. The van der Waals surface area contributed by atoms with E-state index in [0.29, 0.717) is 19.4 Å². The molecule has 20 heavy (non-hydrogen) atoms. The maximum Gasteiger partial charge on any atom is 0.307 e. The number of hydrogen-bond donors (Lipinski definition) is 1. The zero-order valence-electron chi connectivity index (χ0n) is 11.0. The van der Waals surface area contributed by atoms with Crippen LogP contribution in [0.25, 0.3) is 0 Å². The molecule has 0 radical (unpaired) electrons. The van der Waals surface area contributed by atoms with Gasteiger partial charge in [-0.2, -0.15) is 4.31 Å². The summed E-state index contributed by atoms with van der Waals surface area (Å²) in [5, 5.41) is 9.20. The van der Waals surface area contributed by atoms with Gasteiger partial charge in [0.15, 0.2) is 0 Å². The van der Waals surface area contributed by atoms with E-state index in [1.54, 1.807) is 12.1 Å². The van der Waals surface area contributed by atoms with Gasteiger partial charge in [0, 0.05) is 13.1 Å². The first-order valence-electron chi connectivity index (χ1n) is 6.31. The van der Waals surface area contributed by atoms with Crippen molar-refractivity contribution in [1.29, 1.82) is 0 Å². The van der Waals surface area contributed by atoms with E-state index in [1.165, 1.54) is 10.4 Å². The number of carbonyl (C=O) groups is 1. The Morgan fingerprint density at radius 1 is 1.45 bits per heavy atom. The summed E-state index contributed by atoms with van der Waals surface area (Å²) in [7, 11) is -3.74. The Labute approximate surface area is 123 Å². The third kappa shape index (κ3) is 2.97. The zero-order chi connectivity index (χ0) is 14.9. The van der Waals surface area contributed by atoms with E-state index in [-0.39, 0.29) is 16.5 Å². The van der Waals surface area contributed by atoms with Crippen LogP contribution in [0.3, 0.4) is 0 Å². The monoisotopic (exact) mass is 317 g/mol. The van der Waals surface area contributed by atoms with Crippen LogP contribution in [0, 0.1) is 12.8 Å². The minimum absolute atomic E-state index is 0.00186. The molecule has 1 aromatic carbocycles. The van der Waals surface area contributed by atoms with Gasteiger partial charge in [-0.15, -0.1) is 0 Å². The summed E-state index contributed by atoms with van der Waals surface area (Å²) >= 11 is 6.01. The van der Waals surface area contributed by atoms with E-state index in [9.17, 15) is 13.2 Å². The van der Waals surface area contributed by atoms with Crippen molar-refractivity contribution in [1.82, 2.24) is 4.31 Å². The molecule has 0 amide bonds. The van der Waals surface area contributed by atoms with Crippen molar-refractivity contribution in [2.75, 3.05) is 13.1 Å². The quantitative estimate of drug-likeness (QED) is 0.926. The fourth-order valence-corrected chi connectivity index (χ4v) is 4.41. The number of sulfonamides is 1. The molecule has 0 bridgehead atoms. The van der Waals surface area contributed by atoms with Crippen LogP contribution in [0.5, 0.6) is 0 Å². The highest BCUT2D eigenvalue weighted by Crippen LogP contribution is 2.28. The molecule has 5 nitrogen and oxygen atoms in total. The molecule has 0 saturated carbocycles. The molecule has 1 unspecified atom stereocenters. The van der Waals surface area contributed by atoms with Gasteiger partial charge in [0.1, 0.15) is 4.90 Å². The fraction of sp³-hybridized carbons (Fsp3) is 0.462. The molecule has 0 spiro atoms. The van der Waals surface area contributed by atoms with Crippen molar-refractivity contribution in [3.05, 3.63) is 28.8 Å². The molecule has 1 saturated heterocycles. The number of aliphatic carboxylic acids is 1. The molecule has 7 heteroatoms. The van der Waals surface area contributed by atoms with Gasteiger partial charge in [0.05, 0.1) is 10.9 Å². The van der Waals surface area contributed by atoms with E-state index in [0.717, 1.165) is 5.56 Å². The van der Waals surface area contributed by atoms with Gasteiger partial charge < -0.3 is 5.11 Å². The first-order chi connectivity index (χ1) is 9.32. The predicted molar refractivity (Wildman–Crippen MR) is 75.3 cm³/mol. The SMILES string of the molecule is Cc1ccc(S(=O)(=O)N2CCCC(C(=O)O)C2)c(Cl)c1. The van der Waals surface area contributed by atoms with Crippen molar-refractivity contribution in [3.8, 4) is 0 Å². The predicted octanol–water partition coefficient (Wildman–Crippen LogP) is 2.13. The average molecular weight is 318 g/mol. The van der Waals surface area contributed by atoms with Gasteiger partial charge in [-0.1, -0.05) is 17.7 Å². The average Bonchev–Trinajstić information content (AvgIpc) is 2.38. The standard InChI is InChI=1S/C13H16ClNO4S/c1-9-4-5-12(11(14)7-9)20(18,19)15-6-2-3-10(8-15)13(16)17/h4-5,7,10H,2-3,6,8H2,1H3,(H,16,17). The topological polar surface area (TPSA) is 74.7 Å². The highest BCUT2D eigenvalue weighted by atomic mass is 35.5. The van der Waals surface area contributed by atoms with E-state index in [2.05, 4.69) is 0 Å². The Morgan fingerprint density at radius 2 is 2.15 bits per heavy atom. The molecule has 110 valence electrons. The summed E-state index contributed by atoms with van der Waals surface area (Å²) in [5.74, 6) is -1.61. The van der Waals surface area contributed by atoms with Crippen LogP contribution in [0.2, 0.25) is 5.02 Å². The Kier molecular flexibility index (Phi) is 4.36. The second-order valence-corrected chi connectivity index (χ2v) is 7.29. The smallest absolute Gasteiger partial charge is 0.307 e. The van der Waals surface area contributed by atoms with Gasteiger partial charge in [-0.3, -0.25) is 4.79 Å².